The maximum Gasteiger partial charge on any atom is 0.251 e. The molecule has 25 heavy (non-hydrogen) atoms. The molecule has 0 aliphatic carbocycles. The van der Waals surface area contributed by atoms with Crippen LogP contribution in [0.1, 0.15) is 5.56 Å². The first kappa shape index (κ1) is 15.8. The Kier molecular flexibility index (Phi) is 3.97. The van der Waals surface area contributed by atoms with Gasteiger partial charge in [-0.3, -0.25) is 0 Å². The summed E-state index contributed by atoms with van der Waals surface area (Å²) in [5, 5.41) is 6.58. The van der Waals surface area contributed by atoms with E-state index in [9.17, 15) is 4.39 Å². The monoisotopic (exact) mass is 350 g/mol. The minimum absolute atomic E-state index is 0.281. The summed E-state index contributed by atoms with van der Waals surface area (Å²) < 4.78 is 15.8. The van der Waals surface area contributed by atoms with Crippen molar-refractivity contribution in [3.63, 3.8) is 0 Å². The summed E-state index contributed by atoms with van der Waals surface area (Å²) in [6, 6.07) is 13.0. The Balaban J connectivity index is 1.80. The van der Waals surface area contributed by atoms with Gasteiger partial charge in [0.05, 0.1) is 5.52 Å². The van der Waals surface area contributed by atoms with Crippen molar-refractivity contribution in [2.75, 3.05) is 6.26 Å². The predicted octanol–water partition coefficient (Wildman–Crippen LogP) is 4.65. The third-order valence-electron chi connectivity index (χ3n) is 4.01. The van der Waals surface area contributed by atoms with Crippen LogP contribution in [-0.2, 0) is 0 Å². The first-order chi connectivity index (χ1) is 12.2. The van der Waals surface area contributed by atoms with Crippen LogP contribution in [0.2, 0.25) is 0 Å². The molecule has 0 saturated heterocycles. The fraction of sp³-hybridized carbons (Fsp3) is 0.105. The molecule has 0 spiro atoms. The number of aromatic nitrogens is 4. The fourth-order valence-electron chi connectivity index (χ4n) is 2.77. The highest BCUT2D eigenvalue weighted by atomic mass is 32.2. The lowest BCUT2D eigenvalue weighted by molar-refractivity contribution is 0.630. The second kappa shape index (κ2) is 6.29. The van der Waals surface area contributed by atoms with Gasteiger partial charge >= 0.3 is 0 Å². The number of nitrogens with zero attached hydrogens (tertiary/aromatic N) is 4. The minimum atomic E-state index is -0.281. The molecule has 2 aromatic carbocycles. The van der Waals surface area contributed by atoms with Gasteiger partial charge in [0, 0.05) is 28.9 Å². The highest BCUT2D eigenvalue weighted by Gasteiger charge is 2.13. The van der Waals surface area contributed by atoms with E-state index in [-0.39, 0.29) is 5.82 Å². The van der Waals surface area contributed by atoms with E-state index in [4.69, 9.17) is 0 Å². The molecule has 2 aromatic heterocycles. The summed E-state index contributed by atoms with van der Waals surface area (Å²) in [7, 11) is 0. The maximum atomic E-state index is 14.1. The van der Waals surface area contributed by atoms with E-state index in [1.54, 1.807) is 41.0 Å². The summed E-state index contributed by atoms with van der Waals surface area (Å²) in [6.45, 7) is 1.93. The largest absolute Gasteiger partial charge is 0.251 e. The molecule has 0 N–H and O–H groups in total. The molecule has 2 heterocycles. The second-order valence-electron chi connectivity index (χ2n) is 5.69. The van der Waals surface area contributed by atoms with Crippen molar-refractivity contribution in [2.45, 2.75) is 11.9 Å². The van der Waals surface area contributed by atoms with E-state index in [0.717, 1.165) is 21.5 Å². The van der Waals surface area contributed by atoms with Crippen molar-refractivity contribution in [1.82, 2.24) is 19.7 Å². The summed E-state index contributed by atoms with van der Waals surface area (Å²) in [5.41, 5.74) is 3.08. The Morgan fingerprint density at radius 1 is 1.04 bits per heavy atom. The van der Waals surface area contributed by atoms with E-state index in [0.29, 0.717) is 17.1 Å². The number of para-hydroxylation sites is 1. The number of fused-ring (bicyclic) bond motifs is 1. The molecule has 4 rings (SSSR count). The molecule has 0 unspecified atom stereocenters. The van der Waals surface area contributed by atoms with Crippen molar-refractivity contribution in [1.29, 1.82) is 0 Å². The zero-order valence-corrected chi connectivity index (χ0v) is 14.6. The molecule has 0 amide bonds. The fourth-order valence-corrected chi connectivity index (χ4v) is 3.33. The van der Waals surface area contributed by atoms with Gasteiger partial charge < -0.3 is 0 Å². The topological polar surface area (TPSA) is 43.6 Å². The van der Waals surface area contributed by atoms with Gasteiger partial charge in [-0.15, -0.1) is 11.8 Å². The molecule has 0 bridgehead atoms. The molecular formula is C19H15FN4S. The molecule has 0 fully saturated rings. The van der Waals surface area contributed by atoms with Crippen molar-refractivity contribution >= 4 is 22.7 Å². The van der Waals surface area contributed by atoms with Crippen molar-refractivity contribution < 1.29 is 4.39 Å². The van der Waals surface area contributed by atoms with Crippen LogP contribution in [0.15, 0.2) is 59.9 Å². The van der Waals surface area contributed by atoms with Crippen molar-refractivity contribution in [3.8, 4) is 17.1 Å². The van der Waals surface area contributed by atoms with Gasteiger partial charge in [0.15, 0.2) is 0 Å². The van der Waals surface area contributed by atoms with Gasteiger partial charge in [-0.1, -0.05) is 29.8 Å². The first-order valence-electron chi connectivity index (χ1n) is 7.78. The molecule has 4 nitrogen and oxygen atoms in total. The first-order valence-corrected chi connectivity index (χ1v) is 9.00. The Labute approximate surface area is 148 Å². The molecule has 4 aromatic rings. The Morgan fingerprint density at radius 3 is 2.56 bits per heavy atom. The summed E-state index contributed by atoms with van der Waals surface area (Å²) >= 11 is 1.58. The minimum Gasteiger partial charge on any atom is -0.219 e. The smallest absolute Gasteiger partial charge is 0.219 e. The van der Waals surface area contributed by atoms with Crippen LogP contribution < -0.4 is 0 Å². The normalized spacial score (nSPS) is 11.2. The van der Waals surface area contributed by atoms with Crippen LogP contribution in [0.4, 0.5) is 4.39 Å². The molecule has 0 atom stereocenters. The van der Waals surface area contributed by atoms with Gasteiger partial charge in [-0.2, -0.15) is 9.78 Å². The van der Waals surface area contributed by atoms with Gasteiger partial charge in [-0.25, -0.2) is 14.4 Å². The van der Waals surface area contributed by atoms with Crippen LogP contribution in [-0.4, -0.2) is 26.0 Å². The number of benzene rings is 2. The molecule has 6 heteroatoms. The number of thioether (sulfide) groups is 1. The molecule has 0 radical (unpaired) electrons. The zero-order valence-electron chi connectivity index (χ0n) is 13.8. The van der Waals surface area contributed by atoms with Crippen LogP contribution >= 0.6 is 11.8 Å². The van der Waals surface area contributed by atoms with Crippen molar-refractivity contribution in [3.05, 3.63) is 66.2 Å². The lowest BCUT2D eigenvalue weighted by Gasteiger charge is -2.06. The summed E-state index contributed by atoms with van der Waals surface area (Å²) in [6.07, 6.45) is 5.26. The predicted molar refractivity (Wildman–Crippen MR) is 98.6 cm³/mol. The highest BCUT2D eigenvalue weighted by molar-refractivity contribution is 7.98. The standard InChI is InChI=1S/C19H15FN4S/c1-12-7-8-16(20)15(9-12)13-10-21-19(22-11-13)24-17-6-4-3-5-14(17)18(23-24)25-2/h3-11H,1-2H3. The second-order valence-corrected chi connectivity index (χ2v) is 6.49. The van der Waals surface area contributed by atoms with E-state index in [1.807, 2.05) is 37.4 Å². The SMILES string of the molecule is CSc1nn(-c2ncc(-c3cc(C)ccc3F)cn2)c2ccccc12. The van der Waals surface area contributed by atoms with E-state index >= 15 is 0 Å². The summed E-state index contributed by atoms with van der Waals surface area (Å²) in [4.78, 5) is 8.81. The lowest BCUT2D eigenvalue weighted by Crippen LogP contribution is -2.03. The molecule has 0 saturated carbocycles. The Morgan fingerprint density at radius 2 is 1.80 bits per heavy atom. The van der Waals surface area contributed by atoms with Crippen LogP contribution in [0.5, 0.6) is 0 Å². The van der Waals surface area contributed by atoms with E-state index in [2.05, 4.69) is 15.1 Å². The van der Waals surface area contributed by atoms with Crippen LogP contribution in [0.3, 0.4) is 0 Å². The number of hydrogen-bond acceptors (Lipinski definition) is 4. The molecular weight excluding hydrogens is 335 g/mol. The third kappa shape index (κ3) is 2.78. The molecule has 0 aliphatic heterocycles. The molecule has 124 valence electrons. The maximum absolute atomic E-state index is 14.1. The quantitative estimate of drug-likeness (QED) is 0.504. The Hall–Kier alpha value is -2.73. The van der Waals surface area contributed by atoms with Crippen LogP contribution in [0, 0.1) is 12.7 Å². The van der Waals surface area contributed by atoms with Gasteiger partial charge in [0.2, 0.25) is 0 Å². The van der Waals surface area contributed by atoms with E-state index in [1.165, 1.54) is 6.07 Å². The third-order valence-corrected chi connectivity index (χ3v) is 4.70. The lowest BCUT2D eigenvalue weighted by atomic mass is 10.1. The number of rotatable bonds is 3. The number of aryl methyl sites for hydroxylation is 1. The van der Waals surface area contributed by atoms with Gasteiger partial charge in [0.1, 0.15) is 10.8 Å². The molecule has 0 aliphatic rings. The van der Waals surface area contributed by atoms with Gasteiger partial charge in [-0.05, 0) is 31.4 Å². The average molecular weight is 350 g/mol. The van der Waals surface area contributed by atoms with Crippen molar-refractivity contribution in [2.24, 2.45) is 0 Å². The van der Waals surface area contributed by atoms with Crippen LogP contribution in [0.25, 0.3) is 28.0 Å². The highest BCUT2D eigenvalue weighted by Crippen LogP contribution is 2.27. The number of halogens is 1. The Bertz CT molecular complexity index is 1060. The van der Waals surface area contributed by atoms with Gasteiger partial charge in [0.25, 0.3) is 5.95 Å². The van der Waals surface area contributed by atoms with E-state index < -0.39 is 0 Å². The number of hydrogen-bond donors (Lipinski definition) is 0. The summed E-state index contributed by atoms with van der Waals surface area (Å²) in [5.74, 6) is 0.185. The zero-order chi connectivity index (χ0) is 17.4. The average Bonchev–Trinajstić information content (AvgIpc) is 3.03.